The van der Waals surface area contributed by atoms with Crippen molar-refractivity contribution in [1.82, 2.24) is 0 Å². The summed E-state index contributed by atoms with van der Waals surface area (Å²) in [6.07, 6.45) is 5.23. The summed E-state index contributed by atoms with van der Waals surface area (Å²) in [5.74, 6) is 0.846. The third kappa shape index (κ3) is 1.89. The van der Waals surface area contributed by atoms with Gasteiger partial charge in [0.15, 0.2) is 8.32 Å². The van der Waals surface area contributed by atoms with E-state index in [0.717, 1.165) is 6.42 Å². The average molecular weight is 240 g/mol. The predicted molar refractivity (Wildman–Crippen MR) is 68.8 cm³/mol. The summed E-state index contributed by atoms with van der Waals surface area (Å²) in [6.45, 7) is 11.4. The highest BCUT2D eigenvalue weighted by Crippen LogP contribution is 2.46. The number of hydrogen-bond donors (Lipinski definition) is 1. The monoisotopic (exact) mass is 240 g/mol. The van der Waals surface area contributed by atoms with Crippen LogP contribution in [0.15, 0.2) is 12.2 Å². The second-order valence-corrected chi connectivity index (χ2v) is 11.5. The summed E-state index contributed by atoms with van der Waals surface area (Å²) in [5.41, 5.74) is 0. The van der Waals surface area contributed by atoms with Gasteiger partial charge in [0.2, 0.25) is 0 Å². The van der Waals surface area contributed by atoms with Crippen LogP contribution in [0.3, 0.4) is 0 Å². The maximum Gasteiger partial charge on any atom is 0.192 e. The molecule has 0 unspecified atom stereocenters. The van der Waals surface area contributed by atoms with Gasteiger partial charge in [0.1, 0.15) is 0 Å². The van der Waals surface area contributed by atoms with Crippen molar-refractivity contribution in [3.05, 3.63) is 12.2 Å². The Morgan fingerprint density at radius 3 is 2.12 bits per heavy atom. The van der Waals surface area contributed by atoms with E-state index in [0.29, 0.717) is 11.8 Å². The second-order valence-electron chi connectivity index (χ2n) is 6.76. The molecule has 16 heavy (non-hydrogen) atoms. The standard InChI is InChI=1S/C13H24O2Si/c1-13(2,3)16(4,5)15-12-8-11(14)9-6-7-10(9)12/h6-7,9-12,14H,8H2,1-5H3/t9-,10+,11+,12+/m0/s1. The van der Waals surface area contributed by atoms with Crippen molar-refractivity contribution in [2.24, 2.45) is 11.8 Å². The van der Waals surface area contributed by atoms with Crippen LogP contribution in [0.4, 0.5) is 0 Å². The van der Waals surface area contributed by atoms with Gasteiger partial charge in [0.25, 0.3) is 0 Å². The van der Waals surface area contributed by atoms with Crippen LogP contribution in [0.1, 0.15) is 27.2 Å². The van der Waals surface area contributed by atoms with E-state index < -0.39 is 8.32 Å². The molecule has 1 fully saturated rings. The molecule has 0 spiro atoms. The molecule has 1 N–H and O–H groups in total. The van der Waals surface area contributed by atoms with Gasteiger partial charge in [-0.1, -0.05) is 32.9 Å². The fraction of sp³-hybridized carbons (Fsp3) is 0.846. The zero-order valence-electron chi connectivity index (χ0n) is 11.0. The minimum atomic E-state index is -1.68. The van der Waals surface area contributed by atoms with Gasteiger partial charge in [0, 0.05) is 11.8 Å². The van der Waals surface area contributed by atoms with Crippen LogP contribution < -0.4 is 0 Å². The zero-order chi connectivity index (χ0) is 12.1. The molecule has 2 aliphatic rings. The van der Waals surface area contributed by atoms with Gasteiger partial charge < -0.3 is 9.53 Å². The predicted octanol–water partition coefficient (Wildman–Crippen LogP) is 2.94. The van der Waals surface area contributed by atoms with Crippen LogP contribution in [-0.4, -0.2) is 25.6 Å². The first-order valence-corrected chi connectivity index (χ1v) is 9.17. The maximum absolute atomic E-state index is 9.87. The van der Waals surface area contributed by atoms with Crippen LogP contribution in [0.2, 0.25) is 18.1 Å². The largest absolute Gasteiger partial charge is 0.413 e. The van der Waals surface area contributed by atoms with Crippen molar-refractivity contribution < 1.29 is 9.53 Å². The van der Waals surface area contributed by atoms with E-state index in [1.807, 2.05) is 0 Å². The van der Waals surface area contributed by atoms with Gasteiger partial charge in [-0.2, -0.15) is 0 Å². The molecule has 2 nitrogen and oxygen atoms in total. The molecule has 4 atom stereocenters. The van der Waals surface area contributed by atoms with Crippen LogP contribution in [0.5, 0.6) is 0 Å². The maximum atomic E-state index is 9.87. The molecule has 0 aliphatic heterocycles. The van der Waals surface area contributed by atoms with Crippen molar-refractivity contribution in [3.8, 4) is 0 Å². The van der Waals surface area contributed by atoms with Crippen LogP contribution in [0, 0.1) is 11.8 Å². The summed E-state index contributed by atoms with van der Waals surface area (Å²) < 4.78 is 6.40. The van der Waals surface area contributed by atoms with Crippen molar-refractivity contribution in [2.45, 2.75) is 57.5 Å². The highest BCUT2D eigenvalue weighted by molar-refractivity contribution is 6.74. The lowest BCUT2D eigenvalue weighted by Gasteiger charge is -2.40. The molecular formula is C13H24O2Si. The molecule has 0 bridgehead atoms. The van der Waals surface area contributed by atoms with Gasteiger partial charge in [-0.25, -0.2) is 0 Å². The van der Waals surface area contributed by atoms with Gasteiger partial charge in [-0.15, -0.1) is 0 Å². The van der Waals surface area contributed by atoms with E-state index >= 15 is 0 Å². The fourth-order valence-electron chi connectivity index (χ4n) is 2.36. The lowest BCUT2D eigenvalue weighted by molar-refractivity contribution is 0.132. The van der Waals surface area contributed by atoms with Crippen molar-refractivity contribution >= 4 is 8.32 Å². The van der Waals surface area contributed by atoms with E-state index in [-0.39, 0.29) is 17.2 Å². The number of aliphatic hydroxyl groups excluding tert-OH is 1. The van der Waals surface area contributed by atoms with Crippen molar-refractivity contribution in [3.63, 3.8) is 0 Å². The Balaban J connectivity index is 2.04. The highest BCUT2D eigenvalue weighted by atomic mass is 28.4. The van der Waals surface area contributed by atoms with Gasteiger partial charge in [-0.05, 0) is 24.6 Å². The molecule has 92 valence electrons. The smallest absolute Gasteiger partial charge is 0.192 e. The lowest BCUT2D eigenvalue weighted by atomic mass is 9.84. The topological polar surface area (TPSA) is 29.5 Å². The molecule has 2 rings (SSSR count). The fourth-order valence-corrected chi connectivity index (χ4v) is 3.72. The summed E-state index contributed by atoms with van der Waals surface area (Å²) >= 11 is 0. The lowest BCUT2D eigenvalue weighted by Crippen LogP contribution is -2.45. The molecule has 3 heteroatoms. The zero-order valence-corrected chi connectivity index (χ0v) is 12.0. The Labute approximate surface area is 99.8 Å². The Bertz CT molecular complexity index is 304. The first-order chi connectivity index (χ1) is 7.22. The molecular weight excluding hydrogens is 216 g/mol. The van der Waals surface area contributed by atoms with E-state index in [4.69, 9.17) is 4.43 Å². The van der Waals surface area contributed by atoms with E-state index in [1.54, 1.807) is 0 Å². The molecule has 0 aromatic heterocycles. The quantitative estimate of drug-likeness (QED) is 0.594. The molecule has 2 aliphatic carbocycles. The minimum Gasteiger partial charge on any atom is -0.413 e. The van der Waals surface area contributed by atoms with Crippen LogP contribution in [-0.2, 0) is 4.43 Å². The molecule has 0 amide bonds. The van der Waals surface area contributed by atoms with Crippen LogP contribution in [0.25, 0.3) is 0 Å². The minimum absolute atomic E-state index is 0.176. The Morgan fingerprint density at radius 1 is 1.19 bits per heavy atom. The third-order valence-corrected chi connectivity index (χ3v) is 9.10. The van der Waals surface area contributed by atoms with E-state index in [9.17, 15) is 5.11 Å². The first kappa shape index (κ1) is 12.3. The summed E-state index contributed by atoms with van der Waals surface area (Å²) in [6, 6.07) is 0. The number of fused-ring (bicyclic) bond motifs is 1. The molecule has 0 aromatic rings. The summed E-state index contributed by atoms with van der Waals surface area (Å²) in [7, 11) is -1.68. The Kier molecular flexibility index (Phi) is 2.84. The van der Waals surface area contributed by atoms with E-state index in [2.05, 4.69) is 46.0 Å². The summed E-state index contributed by atoms with van der Waals surface area (Å²) in [5, 5.41) is 10.1. The molecule has 0 saturated heterocycles. The van der Waals surface area contributed by atoms with Crippen LogP contribution >= 0.6 is 0 Å². The molecule has 0 heterocycles. The Morgan fingerprint density at radius 2 is 1.75 bits per heavy atom. The molecule has 0 radical (unpaired) electrons. The van der Waals surface area contributed by atoms with Gasteiger partial charge in [-0.3, -0.25) is 0 Å². The SMILES string of the molecule is CC(C)(C)[Si](C)(C)O[C@@H]1C[C@@H](O)[C@H]2C=C[C@H]21. The average Bonchev–Trinajstić information content (AvgIpc) is 2.15. The van der Waals surface area contributed by atoms with Gasteiger partial charge in [0.05, 0.1) is 12.2 Å². The van der Waals surface area contributed by atoms with Gasteiger partial charge >= 0.3 is 0 Å². The number of rotatable bonds is 2. The highest BCUT2D eigenvalue weighted by Gasteiger charge is 2.48. The van der Waals surface area contributed by atoms with E-state index in [1.165, 1.54) is 0 Å². The first-order valence-electron chi connectivity index (χ1n) is 6.26. The summed E-state index contributed by atoms with van der Waals surface area (Å²) in [4.78, 5) is 0. The number of hydrogen-bond acceptors (Lipinski definition) is 2. The normalized spacial score (nSPS) is 38.4. The van der Waals surface area contributed by atoms with Crippen molar-refractivity contribution in [1.29, 1.82) is 0 Å². The van der Waals surface area contributed by atoms with Crippen molar-refractivity contribution in [2.75, 3.05) is 0 Å². The molecule has 1 saturated carbocycles. The number of aliphatic hydroxyl groups is 1. The third-order valence-electron chi connectivity index (χ3n) is 4.60. The Hall–Kier alpha value is -0.123. The second kappa shape index (κ2) is 3.69. The molecule has 0 aromatic carbocycles.